The number of ether oxygens (including phenoxy) is 1. The molecule has 2 N–H and O–H groups in total. The van der Waals surface area contributed by atoms with Gasteiger partial charge in [0.05, 0.1) is 12.7 Å². The lowest BCUT2D eigenvalue weighted by atomic mass is 10.0. The average Bonchev–Trinajstić information content (AvgIpc) is 2.99. The zero-order valence-electron chi connectivity index (χ0n) is 16.4. The van der Waals surface area contributed by atoms with E-state index in [-0.39, 0.29) is 5.91 Å². The van der Waals surface area contributed by atoms with Gasteiger partial charge < -0.3 is 20.3 Å². The normalized spacial score (nSPS) is 14.1. The average molecular weight is 379 g/mol. The van der Waals surface area contributed by atoms with E-state index in [4.69, 9.17) is 4.74 Å². The number of fused-ring (bicyclic) bond motifs is 1. The van der Waals surface area contributed by atoms with Crippen LogP contribution in [0.15, 0.2) is 48.5 Å². The van der Waals surface area contributed by atoms with Gasteiger partial charge in [-0.3, -0.25) is 4.79 Å². The number of hydrogen-bond acceptors (Lipinski definition) is 5. The van der Waals surface area contributed by atoms with Crippen LogP contribution in [0.2, 0.25) is 0 Å². The van der Waals surface area contributed by atoms with Crippen LogP contribution in [0.5, 0.6) is 0 Å². The van der Waals surface area contributed by atoms with Crippen LogP contribution in [0.3, 0.4) is 0 Å². The lowest BCUT2D eigenvalue weighted by molar-refractivity contribution is -0.110. The SMILES string of the molecule is COC(=O)c1ccc2c(c1)NC(=O)/C2=C\CCNc1ccc(CN(C)C)cc1. The first-order valence-electron chi connectivity index (χ1n) is 9.19. The second-order valence-electron chi connectivity index (χ2n) is 6.97. The third-order valence-corrected chi connectivity index (χ3v) is 4.50. The van der Waals surface area contributed by atoms with Crippen molar-refractivity contribution in [1.29, 1.82) is 0 Å². The summed E-state index contributed by atoms with van der Waals surface area (Å²) in [5.41, 5.74) is 4.83. The molecule has 0 saturated carbocycles. The second-order valence-corrected chi connectivity index (χ2v) is 6.97. The predicted octanol–water partition coefficient (Wildman–Crippen LogP) is 3.37. The van der Waals surface area contributed by atoms with Gasteiger partial charge in [0.1, 0.15) is 0 Å². The zero-order chi connectivity index (χ0) is 20.1. The van der Waals surface area contributed by atoms with Crippen molar-refractivity contribution in [2.75, 3.05) is 38.4 Å². The number of benzene rings is 2. The second kappa shape index (κ2) is 8.71. The molecular weight excluding hydrogens is 354 g/mol. The van der Waals surface area contributed by atoms with Crippen molar-refractivity contribution in [3.8, 4) is 0 Å². The molecule has 0 unspecified atom stereocenters. The summed E-state index contributed by atoms with van der Waals surface area (Å²) in [5, 5.41) is 6.18. The number of methoxy groups -OCH3 is 1. The fourth-order valence-electron chi connectivity index (χ4n) is 3.17. The standard InChI is InChI=1S/C22H25N3O3/c1-25(2)14-15-6-9-17(10-7-15)23-12-4-5-19-18-11-8-16(22(27)28-3)13-20(18)24-21(19)26/h5-11,13,23H,4,12,14H2,1-3H3,(H,24,26)/b19-5-. The molecule has 0 aromatic heterocycles. The molecule has 1 amide bonds. The van der Waals surface area contributed by atoms with Crippen molar-refractivity contribution in [3.05, 3.63) is 65.2 Å². The first kappa shape index (κ1) is 19.6. The van der Waals surface area contributed by atoms with E-state index in [0.717, 1.165) is 24.3 Å². The molecule has 28 heavy (non-hydrogen) atoms. The van der Waals surface area contributed by atoms with Crippen LogP contribution in [0.1, 0.15) is 27.9 Å². The zero-order valence-corrected chi connectivity index (χ0v) is 16.4. The maximum atomic E-state index is 12.3. The van der Waals surface area contributed by atoms with Crippen molar-refractivity contribution in [2.45, 2.75) is 13.0 Å². The van der Waals surface area contributed by atoms with E-state index in [1.54, 1.807) is 18.2 Å². The summed E-state index contributed by atoms with van der Waals surface area (Å²) in [7, 11) is 5.43. The molecule has 0 bridgehead atoms. The van der Waals surface area contributed by atoms with Gasteiger partial charge in [0.25, 0.3) is 5.91 Å². The van der Waals surface area contributed by atoms with Crippen LogP contribution in [0, 0.1) is 0 Å². The molecule has 0 saturated heterocycles. The quantitative estimate of drug-likeness (QED) is 0.438. The van der Waals surface area contributed by atoms with E-state index in [1.807, 2.05) is 20.2 Å². The Morgan fingerprint density at radius 3 is 2.61 bits per heavy atom. The van der Waals surface area contributed by atoms with E-state index in [2.05, 4.69) is 39.8 Å². The number of anilines is 2. The molecule has 2 aromatic carbocycles. The maximum absolute atomic E-state index is 12.3. The maximum Gasteiger partial charge on any atom is 0.337 e. The van der Waals surface area contributed by atoms with Gasteiger partial charge in [0.2, 0.25) is 0 Å². The van der Waals surface area contributed by atoms with E-state index < -0.39 is 5.97 Å². The molecule has 1 aliphatic heterocycles. The Kier molecular flexibility index (Phi) is 6.11. The number of carbonyl (C=O) groups excluding carboxylic acids is 2. The molecule has 3 rings (SSSR count). The Morgan fingerprint density at radius 2 is 1.93 bits per heavy atom. The highest BCUT2D eigenvalue weighted by Gasteiger charge is 2.24. The van der Waals surface area contributed by atoms with E-state index in [0.29, 0.717) is 23.2 Å². The van der Waals surface area contributed by atoms with Gasteiger partial charge in [-0.05, 0) is 50.3 Å². The largest absolute Gasteiger partial charge is 0.465 e. The lowest BCUT2D eigenvalue weighted by Gasteiger charge is -2.10. The van der Waals surface area contributed by atoms with Crippen LogP contribution in [0.25, 0.3) is 5.57 Å². The highest BCUT2D eigenvalue weighted by molar-refractivity contribution is 6.31. The molecule has 2 aromatic rings. The minimum atomic E-state index is -0.421. The van der Waals surface area contributed by atoms with Gasteiger partial charge in [-0.25, -0.2) is 4.79 Å². The minimum Gasteiger partial charge on any atom is -0.465 e. The van der Waals surface area contributed by atoms with Gasteiger partial charge in [-0.15, -0.1) is 0 Å². The summed E-state index contributed by atoms with van der Waals surface area (Å²) in [5.74, 6) is -0.569. The number of nitrogens with zero attached hydrogens (tertiary/aromatic N) is 1. The Labute approximate surface area is 165 Å². The predicted molar refractivity (Wildman–Crippen MR) is 111 cm³/mol. The van der Waals surface area contributed by atoms with Gasteiger partial charge in [-0.2, -0.15) is 0 Å². The fourth-order valence-corrected chi connectivity index (χ4v) is 3.17. The van der Waals surface area contributed by atoms with Crippen molar-refractivity contribution in [2.24, 2.45) is 0 Å². The summed E-state index contributed by atoms with van der Waals surface area (Å²) in [4.78, 5) is 26.0. The minimum absolute atomic E-state index is 0.148. The molecule has 0 fully saturated rings. The number of hydrogen-bond donors (Lipinski definition) is 2. The molecule has 1 heterocycles. The molecule has 0 spiro atoms. The number of rotatable bonds is 7. The van der Waals surface area contributed by atoms with E-state index in [1.165, 1.54) is 12.7 Å². The molecule has 1 aliphatic rings. The highest BCUT2D eigenvalue weighted by atomic mass is 16.5. The topological polar surface area (TPSA) is 70.7 Å². The third-order valence-electron chi connectivity index (χ3n) is 4.50. The summed E-state index contributed by atoms with van der Waals surface area (Å²) in [6, 6.07) is 13.5. The Balaban J connectivity index is 1.59. The van der Waals surface area contributed by atoms with Crippen LogP contribution in [0.4, 0.5) is 11.4 Å². The first-order chi connectivity index (χ1) is 13.5. The fraction of sp³-hybridized carbons (Fsp3) is 0.273. The van der Waals surface area contributed by atoms with Crippen LogP contribution in [-0.2, 0) is 16.1 Å². The molecular formula is C22H25N3O3. The van der Waals surface area contributed by atoms with Crippen LogP contribution in [-0.4, -0.2) is 44.5 Å². The molecule has 0 radical (unpaired) electrons. The Morgan fingerprint density at radius 1 is 1.18 bits per heavy atom. The molecule has 0 atom stereocenters. The van der Waals surface area contributed by atoms with E-state index >= 15 is 0 Å². The number of carbonyl (C=O) groups is 2. The van der Waals surface area contributed by atoms with Crippen LogP contribution < -0.4 is 10.6 Å². The van der Waals surface area contributed by atoms with Gasteiger partial charge >= 0.3 is 5.97 Å². The number of esters is 1. The summed E-state index contributed by atoms with van der Waals surface area (Å²) >= 11 is 0. The van der Waals surface area contributed by atoms with Gasteiger partial charge in [0.15, 0.2) is 0 Å². The summed E-state index contributed by atoms with van der Waals surface area (Å²) in [6.45, 7) is 1.64. The molecule has 6 nitrogen and oxygen atoms in total. The molecule has 6 heteroatoms. The van der Waals surface area contributed by atoms with Gasteiger partial charge in [-0.1, -0.05) is 24.3 Å². The Hall–Kier alpha value is -3.12. The molecule has 0 aliphatic carbocycles. The lowest BCUT2D eigenvalue weighted by Crippen LogP contribution is -2.10. The smallest absolute Gasteiger partial charge is 0.337 e. The first-order valence-corrected chi connectivity index (χ1v) is 9.19. The monoisotopic (exact) mass is 379 g/mol. The van der Waals surface area contributed by atoms with Crippen molar-refractivity contribution >= 4 is 28.8 Å². The van der Waals surface area contributed by atoms with E-state index in [9.17, 15) is 9.59 Å². The van der Waals surface area contributed by atoms with Crippen molar-refractivity contribution in [3.63, 3.8) is 0 Å². The third kappa shape index (κ3) is 4.58. The molecule has 146 valence electrons. The van der Waals surface area contributed by atoms with Crippen LogP contribution >= 0.6 is 0 Å². The number of nitrogens with one attached hydrogen (secondary N) is 2. The Bertz CT molecular complexity index is 902. The summed E-state index contributed by atoms with van der Waals surface area (Å²) < 4.78 is 4.72. The van der Waals surface area contributed by atoms with Crippen molar-refractivity contribution < 1.29 is 14.3 Å². The number of amides is 1. The van der Waals surface area contributed by atoms with Crippen molar-refractivity contribution in [1.82, 2.24) is 4.90 Å². The highest BCUT2D eigenvalue weighted by Crippen LogP contribution is 2.32. The van der Waals surface area contributed by atoms with Gasteiger partial charge in [0, 0.05) is 35.6 Å². The summed E-state index contributed by atoms with van der Waals surface area (Å²) in [6.07, 6.45) is 2.63.